The third-order valence-electron chi connectivity index (χ3n) is 4.36. The number of hydrogen-bond acceptors (Lipinski definition) is 2. The Hall–Kier alpha value is -1.92. The molecule has 3 N–H and O–H groups in total. The molecule has 0 bridgehead atoms. The van der Waals surface area contributed by atoms with Gasteiger partial charge in [0.05, 0.1) is 27.2 Å². The summed E-state index contributed by atoms with van der Waals surface area (Å²) in [5.74, 6) is 0. The standard InChI is InChI=1S/C19H28N4OS/c1-13-9-14(2)16-11-15(18(24)21-17(16)10-13)12-23(19(25)20-3)8-6-7-22(4)5/h9-11H,6-8,12H2,1-5H3,(H,20,25)(H,21,24)/p+1. The first kappa shape index (κ1) is 19.4. The van der Waals surface area contributed by atoms with Crippen molar-refractivity contribution in [2.75, 3.05) is 34.2 Å². The number of pyridine rings is 1. The molecule has 0 spiro atoms. The lowest BCUT2D eigenvalue weighted by atomic mass is 10.0. The minimum atomic E-state index is -0.0420. The molecule has 1 aromatic heterocycles. The lowest BCUT2D eigenvalue weighted by molar-refractivity contribution is -0.858. The van der Waals surface area contributed by atoms with Crippen molar-refractivity contribution in [3.63, 3.8) is 0 Å². The SMILES string of the molecule is CNC(=S)N(CCC[NH+](C)C)Cc1cc2c(C)cc(C)cc2[nH]c1=O. The molecule has 2 aromatic rings. The van der Waals surface area contributed by atoms with E-state index in [4.69, 9.17) is 12.2 Å². The molecule has 25 heavy (non-hydrogen) atoms. The van der Waals surface area contributed by atoms with Crippen molar-refractivity contribution in [2.24, 2.45) is 0 Å². The highest BCUT2D eigenvalue weighted by atomic mass is 32.1. The third kappa shape index (κ3) is 5.03. The van der Waals surface area contributed by atoms with Crippen LogP contribution in [0.5, 0.6) is 0 Å². The summed E-state index contributed by atoms with van der Waals surface area (Å²) in [6.45, 7) is 6.53. The molecule has 136 valence electrons. The second kappa shape index (κ2) is 8.45. The van der Waals surface area contributed by atoms with Crippen molar-refractivity contribution in [3.05, 3.63) is 45.2 Å². The van der Waals surface area contributed by atoms with Crippen LogP contribution in [0.3, 0.4) is 0 Å². The van der Waals surface area contributed by atoms with Gasteiger partial charge in [0.15, 0.2) is 5.11 Å². The number of benzene rings is 1. The average molecular weight is 362 g/mol. The summed E-state index contributed by atoms with van der Waals surface area (Å²) in [4.78, 5) is 19.0. The number of quaternary nitrogens is 1. The molecule has 0 aliphatic carbocycles. The Balaban J connectivity index is 2.30. The summed E-state index contributed by atoms with van der Waals surface area (Å²) < 4.78 is 0. The van der Waals surface area contributed by atoms with Crippen LogP contribution in [0.25, 0.3) is 10.9 Å². The van der Waals surface area contributed by atoms with Crippen LogP contribution in [0.15, 0.2) is 23.0 Å². The van der Waals surface area contributed by atoms with E-state index in [1.54, 1.807) is 0 Å². The Bertz CT molecular complexity index is 813. The van der Waals surface area contributed by atoms with Gasteiger partial charge in [0.2, 0.25) is 0 Å². The largest absolute Gasteiger partial charge is 0.366 e. The van der Waals surface area contributed by atoms with Crippen molar-refractivity contribution >= 4 is 28.2 Å². The molecule has 0 aliphatic rings. The van der Waals surface area contributed by atoms with E-state index < -0.39 is 0 Å². The second-order valence-electron chi connectivity index (χ2n) is 6.95. The Morgan fingerprint density at radius 1 is 1.28 bits per heavy atom. The predicted octanol–water partition coefficient (Wildman–Crippen LogP) is 0.986. The van der Waals surface area contributed by atoms with E-state index in [0.29, 0.717) is 11.7 Å². The zero-order valence-corrected chi connectivity index (χ0v) is 16.6. The lowest BCUT2D eigenvalue weighted by Gasteiger charge is -2.25. The molecule has 6 heteroatoms. The summed E-state index contributed by atoms with van der Waals surface area (Å²) in [6.07, 6.45) is 1.02. The molecule has 2 rings (SSSR count). The van der Waals surface area contributed by atoms with E-state index in [-0.39, 0.29) is 5.56 Å². The topological polar surface area (TPSA) is 52.6 Å². The van der Waals surface area contributed by atoms with Crippen molar-refractivity contribution < 1.29 is 4.90 Å². The molecular weight excluding hydrogens is 332 g/mol. The van der Waals surface area contributed by atoms with E-state index >= 15 is 0 Å². The van der Waals surface area contributed by atoms with Gasteiger partial charge in [0, 0.05) is 36.5 Å². The summed E-state index contributed by atoms with van der Waals surface area (Å²) in [6, 6.07) is 6.16. The van der Waals surface area contributed by atoms with Crippen molar-refractivity contribution in [2.45, 2.75) is 26.8 Å². The van der Waals surface area contributed by atoms with Crippen LogP contribution < -0.4 is 15.8 Å². The summed E-state index contributed by atoms with van der Waals surface area (Å²) in [5, 5.41) is 4.80. The van der Waals surface area contributed by atoms with Gasteiger partial charge >= 0.3 is 0 Å². The summed E-state index contributed by atoms with van der Waals surface area (Å²) >= 11 is 5.43. The van der Waals surface area contributed by atoms with E-state index in [2.05, 4.69) is 42.3 Å². The number of rotatable bonds is 6. The van der Waals surface area contributed by atoms with E-state index in [9.17, 15) is 4.79 Å². The first-order valence-corrected chi connectivity index (χ1v) is 9.11. The molecule has 0 atom stereocenters. The number of nitrogens with zero attached hydrogens (tertiary/aromatic N) is 1. The fraction of sp³-hybridized carbons (Fsp3) is 0.474. The highest BCUT2D eigenvalue weighted by Crippen LogP contribution is 2.19. The van der Waals surface area contributed by atoms with Gasteiger partial charge in [0.25, 0.3) is 5.56 Å². The zero-order chi connectivity index (χ0) is 18.6. The number of H-pyrrole nitrogens is 1. The molecule has 1 heterocycles. The highest BCUT2D eigenvalue weighted by molar-refractivity contribution is 7.80. The second-order valence-corrected chi connectivity index (χ2v) is 7.34. The fourth-order valence-electron chi connectivity index (χ4n) is 3.07. The molecule has 0 amide bonds. The van der Waals surface area contributed by atoms with Crippen molar-refractivity contribution in [1.82, 2.24) is 15.2 Å². The molecule has 1 aromatic carbocycles. The molecular formula is C19H29N4OS+. The third-order valence-corrected chi connectivity index (χ3v) is 4.82. The molecule has 0 radical (unpaired) electrons. The first-order valence-electron chi connectivity index (χ1n) is 8.70. The van der Waals surface area contributed by atoms with Gasteiger partial charge < -0.3 is 20.1 Å². The Labute approximate surface area is 155 Å². The maximum atomic E-state index is 12.5. The Morgan fingerprint density at radius 3 is 2.64 bits per heavy atom. The predicted molar refractivity (Wildman–Crippen MR) is 108 cm³/mol. The number of hydrogen-bond donors (Lipinski definition) is 3. The molecule has 0 fully saturated rings. The number of nitrogens with one attached hydrogen (secondary N) is 3. The molecule has 5 nitrogen and oxygen atoms in total. The van der Waals surface area contributed by atoms with Gasteiger partial charge in [-0.15, -0.1) is 0 Å². The van der Waals surface area contributed by atoms with Crippen LogP contribution in [0.1, 0.15) is 23.1 Å². The van der Waals surface area contributed by atoms with Crippen molar-refractivity contribution in [1.29, 1.82) is 0 Å². The Morgan fingerprint density at radius 2 is 2.00 bits per heavy atom. The summed E-state index contributed by atoms with van der Waals surface area (Å²) in [7, 11) is 6.10. The van der Waals surface area contributed by atoms with Crippen molar-refractivity contribution in [3.8, 4) is 0 Å². The van der Waals surface area contributed by atoms with E-state index in [1.807, 2.05) is 26.1 Å². The molecule has 0 aliphatic heterocycles. The average Bonchev–Trinajstić information content (AvgIpc) is 2.53. The first-order chi connectivity index (χ1) is 11.8. The van der Waals surface area contributed by atoms with Crippen LogP contribution in [-0.2, 0) is 6.54 Å². The smallest absolute Gasteiger partial charge is 0.253 e. The van der Waals surface area contributed by atoms with Gasteiger partial charge in [0.1, 0.15) is 0 Å². The molecule has 0 unspecified atom stereocenters. The fourth-order valence-corrected chi connectivity index (χ4v) is 3.23. The normalized spacial score (nSPS) is 11.1. The number of thiocarbonyl (C=S) groups is 1. The monoisotopic (exact) mass is 361 g/mol. The zero-order valence-electron chi connectivity index (χ0n) is 15.8. The van der Waals surface area contributed by atoms with Crippen LogP contribution in [-0.4, -0.2) is 49.2 Å². The van der Waals surface area contributed by atoms with Crippen LogP contribution in [0.2, 0.25) is 0 Å². The van der Waals surface area contributed by atoms with Gasteiger partial charge in [-0.2, -0.15) is 0 Å². The van der Waals surface area contributed by atoms with Gasteiger partial charge in [-0.3, -0.25) is 4.79 Å². The quantitative estimate of drug-likeness (QED) is 0.672. The minimum absolute atomic E-state index is 0.0420. The molecule has 0 saturated carbocycles. The van der Waals surface area contributed by atoms with Gasteiger partial charge in [-0.25, -0.2) is 0 Å². The van der Waals surface area contributed by atoms with E-state index in [0.717, 1.165) is 41.5 Å². The van der Waals surface area contributed by atoms with Gasteiger partial charge in [-0.05, 0) is 49.3 Å². The van der Waals surface area contributed by atoms with Crippen LogP contribution >= 0.6 is 12.2 Å². The van der Waals surface area contributed by atoms with E-state index in [1.165, 1.54) is 10.5 Å². The number of aryl methyl sites for hydroxylation is 2. The highest BCUT2D eigenvalue weighted by Gasteiger charge is 2.13. The Kier molecular flexibility index (Phi) is 6.56. The van der Waals surface area contributed by atoms with Gasteiger partial charge in [-0.1, -0.05) is 6.07 Å². The number of aromatic amines is 1. The molecule has 0 saturated heterocycles. The maximum absolute atomic E-state index is 12.5. The summed E-state index contributed by atoms with van der Waals surface area (Å²) in [5.41, 5.74) is 3.92. The number of aromatic nitrogens is 1. The van der Waals surface area contributed by atoms with Crippen LogP contribution in [0, 0.1) is 13.8 Å². The number of fused-ring (bicyclic) bond motifs is 1. The minimum Gasteiger partial charge on any atom is -0.366 e. The van der Waals surface area contributed by atoms with Crippen LogP contribution in [0.4, 0.5) is 0 Å². The lowest BCUT2D eigenvalue weighted by Crippen LogP contribution is -3.05. The maximum Gasteiger partial charge on any atom is 0.253 e.